The molecule has 0 aliphatic carbocycles. The highest BCUT2D eigenvalue weighted by molar-refractivity contribution is 9.11. The summed E-state index contributed by atoms with van der Waals surface area (Å²) in [6.07, 6.45) is 2.98. The number of nitrogens with two attached hydrogens (primary N) is 1. The molecule has 0 aliphatic heterocycles. The van der Waals surface area contributed by atoms with Gasteiger partial charge in [0.1, 0.15) is 0 Å². The number of carbonyl (C=O) groups excluding carboxylic acids is 1. The maximum Gasteiger partial charge on any atom is 0.257 e. The maximum atomic E-state index is 12.1. The van der Waals surface area contributed by atoms with Gasteiger partial charge in [-0.2, -0.15) is 0 Å². The number of para-hydroxylation sites is 1. The van der Waals surface area contributed by atoms with E-state index in [4.69, 9.17) is 5.73 Å². The van der Waals surface area contributed by atoms with Crippen molar-refractivity contribution in [1.29, 1.82) is 0 Å². The molecule has 0 spiro atoms. The van der Waals surface area contributed by atoms with Crippen molar-refractivity contribution in [2.75, 3.05) is 11.1 Å². The minimum absolute atomic E-state index is 0.275. The molecule has 0 atom stereocenters. The Morgan fingerprint density at radius 2 is 1.89 bits per heavy atom. The lowest BCUT2D eigenvalue weighted by Gasteiger charge is -2.10. The number of halogens is 2. The van der Waals surface area contributed by atoms with Crippen molar-refractivity contribution < 1.29 is 4.79 Å². The van der Waals surface area contributed by atoms with Crippen LogP contribution in [0.2, 0.25) is 0 Å². The molecule has 4 nitrogen and oxygen atoms in total. The van der Waals surface area contributed by atoms with Gasteiger partial charge >= 0.3 is 0 Å². The molecule has 6 heteroatoms. The SMILES string of the molecule is Nc1cnccc1C(=O)Nc1c(Br)cccc1Br. The van der Waals surface area contributed by atoms with E-state index in [2.05, 4.69) is 42.2 Å². The van der Waals surface area contributed by atoms with Gasteiger partial charge in [0.15, 0.2) is 0 Å². The molecule has 0 fully saturated rings. The van der Waals surface area contributed by atoms with Crippen LogP contribution in [0.4, 0.5) is 11.4 Å². The minimum Gasteiger partial charge on any atom is -0.397 e. The highest BCUT2D eigenvalue weighted by Gasteiger charge is 2.13. The van der Waals surface area contributed by atoms with E-state index in [0.717, 1.165) is 8.95 Å². The molecule has 1 aromatic carbocycles. The first-order valence-corrected chi connectivity index (χ1v) is 6.63. The van der Waals surface area contributed by atoms with Gasteiger partial charge in [-0.15, -0.1) is 0 Å². The van der Waals surface area contributed by atoms with Crippen LogP contribution in [0, 0.1) is 0 Å². The lowest BCUT2D eigenvalue weighted by Crippen LogP contribution is -2.14. The largest absolute Gasteiger partial charge is 0.397 e. The first kappa shape index (κ1) is 13.0. The van der Waals surface area contributed by atoms with Crippen molar-refractivity contribution in [3.8, 4) is 0 Å². The summed E-state index contributed by atoms with van der Waals surface area (Å²) in [5, 5.41) is 2.80. The molecule has 3 N–H and O–H groups in total. The Kier molecular flexibility index (Phi) is 3.98. The van der Waals surface area contributed by atoms with Crippen LogP contribution in [0.25, 0.3) is 0 Å². The molecule has 1 heterocycles. The van der Waals surface area contributed by atoms with E-state index in [1.54, 1.807) is 6.07 Å². The fourth-order valence-corrected chi connectivity index (χ4v) is 2.61. The summed E-state index contributed by atoms with van der Waals surface area (Å²) in [6.45, 7) is 0. The van der Waals surface area contributed by atoms with Crippen molar-refractivity contribution in [2.24, 2.45) is 0 Å². The van der Waals surface area contributed by atoms with Crippen molar-refractivity contribution in [3.05, 3.63) is 51.2 Å². The summed E-state index contributed by atoms with van der Waals surface area (Å²) in [5.74, 6) is -0.275. The number of anilines is 2. The second-order valence-electron chi connectivity index (χ2n) is 3.51. The molecule has 0 bridgehead atoms. The number of hydrogen-bond acceptors (Lipinski definition) is 3. The molecule has 18 heavy (non-hydrogen) atoms. The van der Waals surface area contributed by atoms with E-state index in [1.807, 2.05) is 18.2 Å². The molecule has 0 radical (unpaired) electrons. The molecule has 1 amide bonds. The van der Waals surface area contributed by atoms with Crippen LogP contribution in [-0.4, -0.2) is 10.9 Å². The Balaban J connectivity index is 2.30. The number of nitrogens with one attached hydrogen (secondary N) is 1. The quantitative estimate of drug-likeness (QED) is 0.850. The fourth-order valence-electron chi connectivity index (χ4n) is 1.41. The Labute approximate surface area is 121 Å². The third-order valence-electron chi connectivity index (χ3n) is 2.30. The van der Waals surface area contributed by atoms with Crippen LogP contribution in [0.1, 0.15) is 10.4 Å². The van der Waals surface area contributed by atoms with Gasteiger partial charge in [0.05, 0.1) is 23.1 Å². The van der Waals surface area contributed by atoms with Crippen LogP contribution >= 0.6 is 31.9 Å². The van der Waals surface area contributed by atoms with E-state index in [9.17, 15) is 4.79 Å². The minimum atomic E-state index is -0.275. The zero-order chi connectivity index (χ0) is 13.1. The monoisotopic (exact) mass is 369 g/mol. The van der Waals surface area contributed by atoms with E-state index in [0.29, 0.717) is 16.9 Å². The second kappa shape index (κ2) is 5.49. The number of pyridine rings is 1. The summed E-state index contributed by atoms with van der Waals surface area (Å²) in [5.41, 5.74) is 7.11. The highest BCUT2D eigenvalue weighted by atomic mass is 79.9. The molecule has 0 saturated carbocycles. The third-order valence-corrected chi connectivity index (χ3v) is 3.62. The van der Waals surface area contributed by atoms with Gasteiger partial charge in [-0.3, -0.25) is 9.78 Å². The normalized spacial score (nSPS) is 10.1. The van der Waals surface area contributed by atoms with E-state index in [1.165, 1.54) is 12.4 Å². The summed E-state index contributed by atoms with van der Waals surface area (Å²) < 4.78 is 1.58. The Morgan fingerprint density at radius 3 is 2.50 bits per heavy atom. The van der Waals surface area contributed by atoms with Gasteiger partial charge in [0.25, 0.3) is 5.91 Å². The molecule has 0 unspecified atom stereocenters. The van der Waals surface area contributed by atoms with Crippen molar-refractivity contribution >= 4 is 49.1 Å². The van der Waals surface area contributed by atoms with Gasteiger partial charge in [0, 0.05) is 15.1 Å². The number of carbonyl (C=O) groups is 1. The van der Waals surface area contributed by atoms with Crippen LogP contribution < -0.4 is 11.1 Å². The Bertz CT molecular complexity index is 581. The van der Waals surface area contributed by atoms with Crippen molar-refractivity contribution in [2.45, 2.75) is 0 Å². The summed E-state index contributed by atoms with van der Waals surface area (Å²) >= 11 is 6.76. The standard InChI is InChI=1S/C12H9Br2N3O/c13-8-2-1-3-9(14)11(8)17-12(18)7-4-5-16-6-10(7)15/h1-6H,15H2,(H,17,18). The van der Waals surface area contributed by atoms with Gasteiger partial charge in [-0.05, 0) is 50.1 Å². The molecule has 2 aromatic rings. The number of amides is 1. The van der Waals surface area contributed by atoms with Crippen molar-refractivity contribution in [3.63, 3.8) is 0 Å². The molecule has 0 aliphatic rings. The van der Waals surface area contributed by atoms with E-state index < -0.39 is 0 Å². The zero-order valence-electron chi connectivity index (χ0n) is 9.15. The summed E-state index contributed by atoms with van der Waals surface area (Å²) in [4.78, 5) is 15.9. The maximum absolute atomic E-state index is 12.1. The van der Waals surface area contributed by atoms with E-state index in [-0.39, 0.29) is 5.91 Å². The molecule has 2 rings (SSSR count). The van der Waals surface area contributed by atoms with Gasteiger partial charge in [-0.1, -0.05) is 6.07 Å². The van der Waals surface area contributed by atoms with Crippen LogP contribution in [-0.2, 0) is 0 Å². The Morgan fingerprint density at radius 1 is 1.22 bits per heavy atom. The molecule has 1 aromatic heterocycles. The lowest BCUT2D eigenvalue weighted by molar-refractivity contribution is 0.102. The zero-order valence-corrected chi connectivity index (χ0v) is 12.3. The number of hydrogen-bond donors (Lipinski definition) is 2. The molecular formula is C12H9Br2N3O. The first-order chi connectivity index (χ1) is 8.59. The highest BCUT2D eigenvalue weighted by Crippen LogP contribution is 2.31. The first-order valence-electron chi connectivity index (χ1n) is 5.04. The number of aromatic nitrogens is 1. The number of nitrogens with zero attached hydrogens (tertiary/aromatic N) is 1. The van der Waals surface area contributed by atoms with Crippen LogP contribution in [0.3, 0.4) is 0 Å². The lowest BCUT2D eigenvalue weighted by atomic mass is 10.2. The Hall–Kier alpha value is -1.40. The second-order valence-corrected chi connectivity index (χ2v) is 5.22. The molecular weight excluding hydrogens is 362 g/mol. The average molecular weight is 371 g/mol. The fraction of sp³-hybridized carbons (Fsp3) is 0. The average Bonchev–Trinajstić information content (AvgIpc) is 2.34. The summed E-state index contributed by atoms with van der Waals surface area (Å²) in [7, 11) is 0. The number of nitrogen functional groups attached to an aromatic ring is 1. The number of benzene rings is 1. The molecule has 92 valence electrons. The topological polar surface area (TPSA) is 68.0 Å². The predicted molar refractivity (Wildman–Crippen MR) is 78.4 cm³/mol. The van der Waals surface area contributed by atoms with E-state index >= 15 is 0 Å². The van der Waals surface area contributed by atoms with Gasteiger partial charge in [-0.25, -0.2) is 0 Å². The summed E-state index contributed by atoms with van der Waals surface area (Å²) in [6, 6.07) is 7.13. The smallest absolute Gasteiger partial charge is 0.257 e. The third kappa shape index (κ3) is 2.70. The van der Waals surface area contributed by atoms with Crippen LogP contribution in [0.15, 0.2) is 45.6 Å². The van der Waals surface area contributed by atoms with Crippen molar-refractivity contribution in [1.82, 2.24) is 4.98 Å². The van der Waals surface area contributed by atoms with Gasteiger partial charge < -0.3 is 11.1 Å². The molecule has 0 saturated heterocycles. The predicted octanol–water partition coefficient (Wildman–Crippen LogP) is 3.44. The number of rotatable bonds is 2. The van der Waals surface area contributed by atoms with Gasteiger partial charge in [0.2, 0.25) is 0 Å². The van der Waals surface area contributed by atoms with Crippen LogP contribution in [0.5, 0.6) is 0 Å².